The number of nitrogens with two attached hydrogens (primary N) is 1. The van der Waals surface area contributed by atoms with E-state index in [1.165, 1.54) is 18.6 Å². The van der Waals surface area contributed by atoms with E-state index >= 15 is 0 Å². The summed E-state index contributed by atoms with van der Waals surface area (Å²) in [6.07, 6.45) is 7.55. The molecule has 0 amide bonds. The zero-order valence-electron chi connectivity index (χ0n) is 10.4. The molecule has 0 aromatic heterocycles. The van der Waals surface area contributed by atoms with Gasteiger partial charge in [-0.2, -0.15) is 11.8 Å². The van der Waals surface area contributed by atoms with E-state index in [1.54, 1.807) is 0 Å². The molecule has 3 aliphatic rings. The molecule has 3 nitrogen and oxygen atoms in total. The van der Waals surface area contributed by atoms with Gasteiger partial charge < -0.3 is 15.2 Å². The highest BCUT2D eigenvalue weighted by Gasteiger charge is 2.42. The van der Waals surface area contributed by atoms with Crippen LogP contribution in [0, 0.1) is 0 Å². The van der Waals surface area contributed by atoms with Crippen molar-refractivity contribution in [1.29, 1.82) is 0 Å². The van der Waals surface area contributed by atoms with Crippen LogP contribution < -0.4 is 5.73 Å². The molecule has 0 bridgehead atoms. The molecule has 98 valence electrons. The molecule has 4 unspecified atom stereocenters. The molecular formula is C13H23NO2S. The van der Waals surface area contributed by atoms with E-state index in [-0.39, 0.29) is 11.6 Å². The summed E-state index contributed by atoms with van der Waals surface area (Å²) < 4.78 is 12.3. The Kier molecular flexibility index (Phi) is 3.67. The molecule has 2 N–H and O–H groups in total. The zero-order chi connectivity index (χ0) is 11.7. The summed E-state index contributed by atoms with van der Waals surface area (Å²) in [5.41, 5.74) is 6.22. The van der Waals surface area contributed by atoms with Crippen molar-refractivity contribution in [3.63, 3.8) is 0 Å². The molecule has 4 atom stereocenters. The fourth-order valence-corrected chi connectivity index (χ4v) is 4.71. The Labute approximate surface area is 108 Å². The Morgan fingerprint density at radius 3 is 2.94 bits per heavy atom. The third kappa shape index (κ3) is 2.65. The van der Waals surface area contributed by atoms with Crippen molar-refractivity contribution in [2.75, 3.05) is 18.1 Å². The average Bonchev–Trinajstić information content (AvgIpc) is 2.91. The zero-order valence-corrected chi connectivity index (χ0v) is 11.2. The predicted octanol–water partition coefficient (Wildman–Crippen LogP) is 1.94. The van der Waals surface area contributed by atoms with Gasteiger partial charge in [0.25, 0.3) is 0 Å². The van der Waals surface area contributed by atoms with Gasteiger partial charge in [-0.05, 0) is 37.9 Å². The smallest absolute Gasteiger partial charge is 0.0805 e. The van der Waals surface area contributed by atoms with Crippen LogP contribution in [0.25, 0.3) is 0 Å². The lowest BCUT2D eigenvalue weighted by molar-refractivity contribution is -0.137. The summed E-state index contributed by atoms with van der Waals surface area (Å²) in [5, 5.41) is 0. The highest BCUT2D eigenvalue weighted by Crippen LogP contribution is 2.39. The van der Waals surface area contributed by atoms with E-state index in [0.29, 0.717) is 12.2 Å². The second-order valence-electron chi connectivity index (χ2n) is 5.72. The predicted molar refractivity (Wildman–Crippen MR) is 70.3 cm³/mol. The average molecular weight is 257 g/mol. The van der Waals surface area contributed by atoms with Gasteiger partial charge in [-0.3, -0.25) is 0 Å². The van der Waals surface area contributed by atoms with Crippen LogP contribution in [0.5, 0.6) is 0 Å². The second-order valence-corrected chi connectivity index (χ2v) is 6.82. The molecule has 3 rings (SSSR count). The first-order chi connectivity index (χ1) is 8.27. The van der Waals surface area contributed by atoms with E-state index in [4.69, 9.17) is 15.2 Å². The van der Waals surface area contributed by atoms with Crippen LogP contribution >= 0.6 is 11.8 Å². The van der Waals surface area contributed by atoms with E-state index in [1.807, 2.05) is 11.8 Å². The topological polar surface area (TPSA) is 44.5 Å². The molecule has 0 aromatic rings. The minimum Gasteiger partial charge on any atom is -0.374 e. The Morgan fingerprint density at radius 2 is 2.24 bits per heavy atom. The third-order valence-electron chi connectivity index (χ3n) is 4.39. The van der Waals surface area contributed by atoms with Gasteiger partial charge in [0.15, 0.2) is 0 Å². The molecule has 2 aliphatic heterocycles. The lowest BCUT2D eigenvalue weighted by Crippen LogP contribution is -2.45. The molecule has 2 saturated heterocycles. The molecular weight excluding hydrogens is 234 g/mol. The molecule has 1 aliphatic carbocycles. The van der Waals surface area contributed by atoms with Crippen molar-refractivity contribution in [3.8, 4) is 0 Å². The lowest BCUT2D eigenvalue weighted by Gasteiger charge is -2.39. The number of ether oxygens (including phenoxy) is 2. The summed E-state index contributed by atoms with van der Waals surface area (Å²) >= 11 is 2.02. The van der Waals surface area contributed by atoms with Crippen LogP contribution in [0.15, 0.2) is 0 Å². The lowest BCUT2D eigenvalue weighted by atomic mass is 9.91. The van der Waals surface area contributed by atoms with Crippen molar-refractivity contribution in [1.82, 2.24) is 0 Å². The Hall–Kier alpha value is 0.230. The minimum absolute atomic E-state index is 0.135. The summed E-state index contributed by atoms with van der Waals surface area (Å²) in [6, 6.07) is 0.270. The number of hydrogen-bond acceptors (Lipinski definition) is 4. The first-order valence-corrected chi connectivity index (χ1v) is 8.06. The molecule has 2 heterocycles. The van der Waals surface area contributed by atoms with E-state index in [2.05, 4.69) is 0 Å². The number of rotatable bonds is 2. The van der Waals surface area contributed by atoms with Crippen molar-refractivity contribution in [2.45, 2.75) is 62.4 Å². The fourth-order valence-electron chi connectivity index (χ4n) is 3.33. The van der Waals surface area contributed by atoms with E-state index in [9.17, 15) is 0 Å². The van der Waals surface area contributed by atoms with Crippen LogP contribution in [0.1, 0.15) is 38.5 Å². The highest BCUT2D eigenvalue weighted by molar-refractivity contribution is 7.99. The number of hydrogen-bond donors (Lipinski definition) is 1. The van der Waals surface area contributed by atoms with Crippen molar-refractivity contribution >= 4 is 11.8 Å². The van der Waals surface area contributed by atoms with Crippen LogP contribution in [0.2, 0.25) is 0 Å². The summed E-state index contributed by atoms with van der Waals surface area (Å²) in [6.45, 7) is 0.868. The van der Waals surface area contributed by atoms with Crippen molar-refractivity contribution < 1.29 is 9.47 Å². The summed E-state index contributed by atoms with van der Waals surface area (Å²) in [4.78, 5) is 0. The first-order valence-electron chi connectivity index (χ1n) is 6.90. The van der Waals surface area contributed by atoms with Gasteiger partial charge in [-0.15, -0.1) is 0 Å². The van der Waals surface area contributed by atoms with Crippen molar-refractivity contribution in [2.24, 2.45) is 5.73 Å². The molecule has 1 spiro atoms. The SMILES string of the molecule is NC1CCCC1OC1CCOC2(CCSC2)C1. The van der Waals surface area contributed by atoms with Crippen molar-refractivity contribution in [3.05, 3.63) is 0 Å². The maximum absolute atomic E-state index is 6.24. The van der Waals surface area contributed by atoms with Gasteiger partial charge in [-0.25, -0.2) is 0 Å². The standard InChI is InChI=1S/C13H23NO2S/c14-11-2-1-3-12(11)16-10-4-6-15-13(8-10)5-7-17-9-13/h10-12H,1-9,14H2. The Balaban J connectivity index is 1.56. The largest absolute Gasteiger partial charge is 0.374 e. The van der Waals surface area contributed by atoms with Gasteiger partial charge in [-0.1, -0.05) is 0 Å². The van der Waals surface area contributed by atoms with Gasteiger partial charge in [0.2, 0.25) is 0 Å². The van der Waals surface area contributed by atoms with Crippen LogP contribution in [0.4, 0.5) is 0 Å². The van der Waals surface area contributed by atoms with Gasteiger partial charge in [0, 0.05) is 24.8 Å². The molecule has 1 saturated carbocycles. The fraction of sp³-hybridized carbons (Fsp3) is 1.00. The first kappa shape index (κ1) is 12.3. The molecule has 0 aromatic carbocycles. The number of thioether (sulfide) groups is 1. The summed E-state index contributed by atoms with van der Waals surface area (Å²) in [5.74, 6) is 2.40. The van der Waals surface area contributed by atoms with E-state index < -0.39 is 0 Å². The molecule has 0 radical (unpaired) electrons. The van der Waals surface area contributed by atoms with Crippen LogP contribution in [0.3, 0.4) is 0 Å². The Bertz CT molecular complexity index is 268. The summed E-state index contributed by atoms with van der Waals surface area (Å²) in [7, 11) is 0. The maximum Gasteiger partial charge on any atom is 0.0805 e. The van der Waals surface area contributed by atoms with Gasteiger partial charge in [0.1, 0.15) is 0 Å². The van der Waals surface area contributed by atoms with E-state index in [0.717, 1.165) is 38.0 Å². The monoisotopic (exact) mass is 257 g/mol. The highest BCUT2D eigenvalue weighted by atomic mass is 32.2. The second kappa shape index (κ2) is 5.08. The maximum atomic E-state index is 6.24. The van der Waals surface area contributed by atoms with Gasteiger partial charge >= 0.3 is 0 Å². The normalized spacial score (nSPS) is 46.8. The minimum atomic E-state index is 0.135. The molecule has 17 heavy (non-hydrogen) atoms. The van der Waals surface area contributed by atoms with Crippen LogP contribution in [-0.2, 0) is 9.47 Å². The third-order valence-corrected chi connectivity index (χ3v) is 5.61. The van der Waals surface area contributed by atoms with Gasteiger partial charge in [0.05, 0.1) is 17.8 Å². The molecule has 4 heteroatoms. The quantitative estimate of drug-likeness (QED) is 0.821. The molecule has 3 fully saturated rings. The Morgan fingerprint density at radius 1 is 1.29 bits per heavy atom. The van der Waals surface area contributed by atoms with Crippen LogP contribution in [-0.4, -0.2) is 42.0 Å².